The SMILES string of the molecule is O=C(CCNc1ccccc1)NCCc1ccc(Cl)cc1. The summed E-state index contributed by atoms with van der Waals surface area (Å²) in [5.74, 6) is 0.0624. The molecule has 0 fully saturated rings. The highest BCUT2D eigenvalue weighted by Gasteiger charge is 2.01. The van der Waals surface area contributed by atoms with Crippen LogP contribution < -0.4 is 10.6 Å². The minimum Gasteiger partial charge on any atom is -0.385 e. The van der Waals surface area contributed by atoms with Crippen LogP contribution >= 0.6 is 11.6 Å². The van der Waals surface area contributed by atoms with Gasteiger partial charge in [0.15, 0.2) is 0 Å². The first-order valence-corrected chi connectivity index (χ1v) is 7.42. The maximum absolute atomic E-state index is 11.7. The molecule has 2 aromatic carbocycles. The summed E-state index contributed by atoms with van der Waals surface area (Å²) in [7, 11) is 0. The van der Waals surface area contributed by atoms with E-state index in [4.69, 9.17) is 11.6 Å². The third-order valence-electron chi connectivity index (χ3n) is 3.10. The van der Waals surface area contributed by atoms with Gasteiger partial charge in [-0.15, -0.1) is 0 Å². The van der Waals surface area contributed by atoms with Crippen LogP contribution in [0.1, 0.15) is 12.0 Å². The highest BCUT2D eigenvalue weighted by molar-refractivity contribution is 6.30. The zero-order chi connectivity index (χ0) is 14.9. The van der Waals surface area contributed by atoms with Crippen LogP contribution in [0.4, 0.5) is 5.69 Å². The van der Waals surface area contributed by atoms with E-state index in [0.717, 1.165) is 17.1 Å². The van der Waals surface area contributed by atoms with Gasteiger partial charge in [0.25, 0.3) is 0 Å². The van der Waals surface area contributed by atoms with Gasteiger partial charge in [0.2, 0.25) is 5.91 Å². The summed E-state index contributed by atoms with van der Waals surface area (Å²) >= 11 is 5.83. The van der Waals surface area contributed by atoms with E-state index in [1.807, 2.05) is 54.6 Å². The molecule has 2 aromatic rings. The number of halogens is 1. The van der Waals surface area contributed by atoms with E-state index in [9.17, 15) is 4.79 Å². The van der Waals surface area contributed by atoms with E-state index < -0.39 is 0 Å². The summed E-state index contributed by atoms with van der Waals surface area (Å²) in [6, 6.07) is 17.6. The molecular formula is C17H19ClN2O. The molecule has 0 saturated carbocycles. The van der Waals surface area contributed by atoms with Crippen LogP contribution in [0.5, 0.6) is 0 Å². The number of para-hydroxylation sites is 1. The predicted octanol–water partition coefficient (Wildman–Crippen LogP) is 3.50. The Bertz CT molecular complexity index is 555. The number of nitrogens with one attached hydrogen (secondary N) is 2. The molecule has 4 heteroatoms. The Hall–Kier alpha value is -2.00. The summed E-state index contributed by atoms with van der Waals surface area (Å²) in [5.41, 5.74) is 2.20. The fraction of sp³-hybridized carbons (Fsp3) is 0.235. The molecule has 110 valence electrons. The average Bonchev–Trinajstić information content (AvgIpc) is 2.50. The molecule has 0 aliphatic carbocycles. The van der Waals surface area contributed by atoms with Crippen molar-refractivity contribution in [2.75, 3.05) is 18.4 Å². The molecule has 0 saturated heterocycles. The molecule has 0 aliphatic heterocycles. The summed E-state index contributed by atoms with van der Waals surface area (Å²) in [4.78, 5) is 11.7. The molecule has 0 aliphatic rings. The second-order valence-electron chi connectivity index (χ2n) is 4.77. The van der Waals surface area contributed by atoms with E-state index in [2.05, 4.69) is 10.6 Å². The number of anilines is 1. The Morgan fingerprint density at radius 3 is 2.38 bits per heavy atom. The number of rotatable bonds is 7. The first-order chi connectivity index (χ1) is 10.2. The molecule has 3 nitrogen and oxygen atoms in total. The normalized spacial score (nSPS) is 10.1. The van der Waals surface area contributed by atoms with Crippen molar-refractivity contribution in [3.8, 4) is 0 Å². The zero-order valence-corrected chi connectivity index (χ0v) is 12.6. The number of carbonyl (C=O) groups is 1. The number of benzene rings is 2. The van der Waals surface area contributed by atoms with Crippen molar-refractivity contribution in [3.05, 3.63) is 65.2 Å². The average molecular weight is 303 g/mol. The predicted molar refractivity (Wildman–Crippen MR) is 87.7 cm³/mol. The molecule has 0 bridgehead atoms. The van der Waals surface area contributed by atoms with Gasteiger partial charge in [0.05, 0.1) is 0 Å². The third-order valence-corrected chi connectivity index (χ3v) is 3.36. The second-order valence-corrected chi connectivity index (χ2v) is 5.21. The standard InChI is InChI=1S/C17H19ClN2O/c18-15-8-6-14(7-9-15)10-12-20-17(21)11-13-19-16-4-2-1-3-5-16/h1-9,19H,10-13H2,(H,20,21). The summed E-state index contributed by atoms with van der Waals surface area (Å²) < 4.78 is 0. The Balaban J connectivity index is 1.60. The highest BCUT2D eigenvalue weighted by atomic mass is 35.5. The number of amides is 1. The molecule has 0 aromatic heterocycles. The van der Waals surface area contributed by atoms with Crippen molar-refractivity contribution in [3.63, 3.8) is 0 Å². The molecule has 0 spiro atoms. The van der Waals surface area contributed by atoms with Crippen LogP contribution in [-0.4, -0.2) is 19.0 Å². The maximum Gasteiger partial charge on any atom is 0.221 e. The Labute approximate surface area is 130 Å². The van der Waals surface area contributed by atoms with Gasteiger partial charge in [0.1, 0.15) is 0 Å². The topological polar surface area (TPSA) is 41.1 Å². The van der Waals surface area contributed by atoms with Crippen molar-refractivity contribution in [2.24, 2.45) is 0 Å². The van der Waals surface area contributed by atoms with Gasteiger partial charge in [-0.1, -0.05) is 41.9 Å². The minimum atomic E-state index is 0.0624. The number of carbonyl (C=O) groups excluding carboxylic acids is 1. The van der Waals surface area contributed by atoms with Gasteiger partial charge in [-0.3, -0.25) is 4.79 Å². The lowest BCUT2D eigenvalue weighted by atomic mass is 10.1. The monoisotopic (exact) mass is 302 g/mol. The molecule has 0 unspecified atom stereocenters. The van der Waals surface area contributed by atoms with E-state index in [-0.39, 0.29) is 5.91 Å². The van der Waals surface area contributed by atoms with E-state index >= 15 is 0 Å². The van der Waals surface area contributed by atoms with Crippen molar-refractivity contribution in [1.82, 2.24) is 5.32 Å². The van der Waals surface area contributed by atoms with Crippen molar-refractivity contribution in [1.29, 1.82) is 0 Å². The van der Waals surface area contributed by atoms with Gasteiger partial charge >= 0.3 is 0 Å². The molecule has 0 atom stereocenters. The van der Waals surface area contributed by atoms with Crippen LogP contribution in [-0.2, 0) is 11.2 Å². The minimum absolute atomic E-state index is 0.0624. The van der Waals surface area contributed by atoms with Crippen molar-refractivity contribution < 1.29 is 4.79 Å². The Morgan fingerprint density at radius 1 is 0.952 bits per heavy atom. The van der Waals surface area contributed by atoms with Crippen LogP contribution in [0.3, 0.4) is 0 Å². The Morgan fingerprint density at radius 2 is 1.67 bits per heavy atom. The smallest absolute Gasteiger partial charge is 0.221 e. The first kappa shape index (κ1) is 15.4. The zero-order valence-electron chi connectivity index (χ0n) is 11.8. The van der Waals surface area contributed by atoms with E-state index in [0.29, 0.717) is 19.5 Å². The highest BCUT2D eigenvalue weighted by Crippen LogP contribution is 2.09. The van der Waals surface area contributed by atoms with Crippen molar-refractivity contribution in [2.45, 2.75) is 12.8 Å². The fourth-order valence-electron chi connectivity index (χ4n) is 1.96. The maximum atomic E-state index is 11.7. The van der Waals surface area contributed by atoms with Crippen LogP contribution in [0, 0.1) is 0 Å². The van der Waals surface area contributed by atoms with Gasteiger partial charge in [-0.25, -0.2) is 0 Å². The van der Waals surface area contributed by atoms with Crippen molar-refractivity contribution >= 4 is 23.2 Å². The lowest BCUT2D eigenvalue weighted by Crippen LogP contribution is -2.27. The first-order valence-electron chi connectivity index (χ1n) is 7.04. The number of hydrogen-bond donors (Lipinski definition) is 2. The van der Waals surface area contributed by atoms with E-state index in [1.54, 1.807) is 0 Å². The van der Waals surface area contributed by atoms with Crippen LogP contribution in [0.15, 0.2) is 54.6 Å². The lowest BCUT2D eigenvalue weighted by Gasteiger charge is -2.07. The summed E-state index contributed by atoms with van der Waals surface area (Å²) in [6.45, 7) is 1.28. The molecule has 2 N–H and O–H groups in total. The quantitative estimate of drug-likeness (QED) is 0.822. The Kier molecular flexibility index (Phi) is 6.10. The van der Waals surface area contributed by atoms with Gasteiger partial charge in [-0.2, -0.15) is 0 Å². The molecule has 21 heavy (non-hydrogen) atoms. The molecule has 1 amide bonds. The molecular weight excluding hydrogens is 284 g/mol. The number of hydrogen-bond acceptors (Lipinski definition) is 2. The van der Waals surface area contributed by atoms with Crippen LogP contribution in [0.25, 0.3) is 0 Å². The summed E-state index contributed by atoms with van der Waals surface area (Å²) in [5, 5.41) is 6.87. The molecule has 0 heterocycles. The molecule has 0 radical (unpaired) electrons. The third kappa shape index (κ3) is 5.88. The van der Waals surface area contributed by atoms with Gasteiger partial charge < -0.3 is 10.6 Å². The second kappa shape index (κ2) is 8.32. The largest absolute Gasteiger partial charge is 0.385 e. The van der Waals surface area contributed by atoms with E-state index in [1.165, 1.54) is 5.56 Å². The summed E-state index contributed by atoms with van der Waals surface area (Å²) in [6.07, 6.45) is 1.28. The van der Waals surface area contributed by atoms with Gasteiger partial charge in [-0.05, 0) is 36.2 Å². The van der Waals surface area contributed by atoms with Gasteiger partial charge in [0, 0.05) is 30.2 Å². The molecule has 2 rings (SSSR count). The lowest BCUT2D eigenvalue weighted by molar-refractivity contribution is -0.120. The fourth-order valence-corrected chi connectivity index (χ4v) is 2.09. The van der Waals surface area contributed by atoms with Crippen LogP contribution in [0.2, 0.25) is 5.02 Å².